The van der Waals surface area contributed by atoms with Crippen LogP contribution in [0.2, 0.25) is 0 Å². The number of hydrazone groups is 1. The molecule has 1 aliphatic heterocycles. The van der Waals surface area contributed by atoms with Crippen molar-refractivity contribution >= 4 is 11.7 Å². The lowest BCUT2D eigenvalue weighted by Crippen LogP contribution is -2.12. The lowest BCUT2D eigenvalue weighted by Gasteiger charge is -2.07. The molecule has 0 radical (unpaired) electrons. The largest absolute Gasteiger partial charge is 0.477 e. The molecule has 2 rings (SSSR count). The van der Waals surface area contributed by atoms with Crippen LogP contribution in [-0.4, -0.2) is 21.8 Å². The zero-order valence-electron chi connectivity index (χ0n) is 7.34. The predicted molar refractivity (Wildman–Crippen MR) is 49.8 cm³/mol. The summed E-state index contributed by atoms with van der Waals surface area (Å²) in [6.07, 6.45) is 3.79. The van der Waals surface area contributed by atoms with Crippen LogP contribution in [0.5, 0.6) is 0 Å². The van der Waals surface area contributed by atoms with Crippen LogP contribution in [0.25, 0.3) is 0 Å². The molecular formula is C9H9N3O2. The van der Waals surface area contributed by atoms with E-state index in [0.717, 1.165) is 5.56 Å². The zero-order valence-corrected chi connectivity index (χ0v) is 7.34. The van der Waals surface area contributed by atoms with Gasteiger partial charge in [-0.3, -0.25) is 4.98 Å². The Bertz CT molecular complexity index is 375. The molecule has 5 nitrogen and oxygen atoms in total. The van der Waals surface area contributed by atoms with E-state index in [2.05, 4.69) is 15.5 Å². The van der Waals surface area contributed by atoms with Crippen molar-refractivity contribution in [3.05, 3.63) is 30.1 Å². The number of hydrogen-bond acceptors (Lipinski definition) is 4. The Morgan fingerprint density at radius 3 is 3.07 bits per heavy atom. The first-order valence-corrected chi connectivity index (χ1v) is 4.22. The number of rotatable bonds is 2. The van der Waals surface area contributed by atoms with Crippen LogP contribution >= 0.6 is 0 Å². The van der Waals surface area contributed by atoms with Gasteiger partial charge in [-0.15, -0.1) is 0 Å². The number of pyridine rings is 1. The fourth-order valence-corrected chi connectivity index (χ4v) is 1.35. The SMILES string of the molecule is O=C(O)C1=NNC(c2cccnc2)C1. The molecule has 72 valence electrons. The summed E-state index contributed by atoms with van der Waals surface area (Å²) in [5.74, 6) is -0.969. The highest BCUT2D eigenvalue weighted by Gasteiger charge is 2.24. The number of aliphatic carboxylic acids is 1. The Labute approximate surface area is 80.5 Å². The van der Waals surface area contributed by atoms with Gasteiger partial charge in [0.15, 0.2) is 0 Å². The molecule has 0 fully saturated rings. The second-order valence-corrected chi connectivity index (χ2v) is 3.04. The summed E-state index contributed by atoms with van der Waals surface area (Å²) < 4.78 is 0. The number of nitrogens with zero attached hydrogens (tertiary/aromatic N) is 2. The standard InChI is InChI=1S/C9H9N3O2/c13-9(14)8-4-7(11-12-8)6-2-1-3-10-5-6/h1-3,5,7,11H,4H2,(H,13,14). The highest BCUT2D eigenvalue weighted by atomic mass is 16.4. The average molecular weight is 191 g/mol. The Balaban J connectivity index is 2.10. The quantitative estimate of drug-likeness (QED) is 0.716. The molecule has 0 aromatic carbocycles. The minimum absolute atomic E-state index is 0.0604. The van der Waals surface area contributed by atoms with E-state index in [-0.39, 0.29) is 11.8 Å². The van der Waals surface area contributed by atoms with Crippen LogP contribution in [0.3, 0.4) is 0 Å². The van der Waals surface area contributed by atoms with E-state index in [1.165, 1.54) is 0 Å². The summed E-state index contributed by atoms with van der Waals surface area (Å²) in [7, 11) is 0. The maximum atomic E-state index is 10.6. The van der Waals surface area contributed by atoms with Gasteiger partial charge in [0.25, 0.3) is 0 Å². The fourth-order valence-electron chi connectivity index (χ4n) is 1.35. The van der Waals surface area contributed by atoms with E-state index in [1.54, 1.807) is 12.4 Å². The summed E-state index contributed by atoms with van der Waals surface area (Å²) >= 11 is 0. The molecule has 2 N–H and O–H groups in total. The minimum Gasteiger partial charge on any atom is -0.477 e. The topological polar surface area (TPSA) is 74.6 Å². The molecule has 0 amide bonds. The molecule has 1 atom stereocenters. The van der Waals surface area contributed by atoms with Gasteiger partial charge in [-0.1, -0.05) is 6.07 Å². The van der Waals surface area contributed by atoms with E-state index < -0.39 is 5.97 Å². The van der Waals surface area contributed by atoms with Crippen molar-refractivity contribution in [1.29, 1.82) is 0 Å². The summed E-state index contributed by atoms with van der Waals surface area (Å²) in [6.45, 7) is 0. The lowest BCUT2D eigenvalue weighted by molar-refractivity contribution is -0.129. The second kappa shape index (κ2) is 3.45. The monoisotopic (exact) mass is 191 g/mol. The Morgan fingerprint density at radius 1 is 1.64 bits per heavy atom. The molecule has 1 aromatic heterocycles. The van der Waals surface area contributed by atoms with E-state index in [9.17, 15) is 4.79 Å². The van der Waals surface area contributed by atoms with Crippen molar-refractivity contribution in [1.82, 2.24) is 10.4 Å². The molecule has 0 saturated heterocycles. The Morgan fingerprint density at radius 2 is 2.50 bits per heavy atom. The number of carboxylic acids is 1. The number of carbonyl (C=O) groups is 1. The fraction of sp³-hybridized carbons (Fsp3) is 0.222. The maximum absolute atomic E-state index is 10.6. The van der Waals surface area contributed by atoms with Gasteiger partial charge in [0, 0.05) is 18.8 Å². The van der Waals surface area contributed by atoms with Crippen molar-refractivity contribution in [3.8, 4) is 0 Å². The first-order valence-electron chi connectivity index (χ1n) is 4.22. The molecular weight excluding hydrogens is 182 g/mol. The molecule has 5 heteroatoms. The number of aromatic nitrogens is 1. The summed E-state index contributed by atoms with van der Waals surface area (Å²) in [4.78, 5) is 14.6. The van der Waals surface area contributed by atoms with Gasteiger partial charge >= 0.3 is 5.97 Å². The van der Waals surface area contributed by atoms with Gasteiger partial charge in [0.1, 0.15) is 5.71 Å². The third kappa shape index (κ3) is 1.56. The smallest absolute Gasteiger partial charge is 0.352 e. The van der Waals surface area contributed by atoms with Gasteiger partial charge in [-0.2, -0.15) is 5.10 Å². The normalized spacial score (nSPS) is 20.0. The third-order valence-corrected chi connectivity index (χ3v) is 2.09. The van der Waals surface area contributed by atoms with Crippen molar-refractivity contribution in [2.24, 2.45) is 5.10 Å². The number of carboxylic acid groups (broad SMARTS) is 1. The number of hydrogen-bond donors (Lipinski definition) is 2. The van der Waals surface area contributed by atoms with Gasteiger partial charge in [0.05, 0.1) is 6.04 Å². The molecule has 0 saturated carbocycles. The number of nitrogens with one attached hydrogen (secondary N) is 1. The van der Waals surface area contributed by atoms with E-state index in [0.29, 0.717) is 6.42 Å². The summed E-state index contributed by atoms with van der Waals surface area (Å²) in [5.41, 5.74) is 3.89. The minimum atomic E-state index is -0.969. The van der Waals surface area contributed by atoms with Crippen LogP contribution in [0.1, 0.15) is 18.0 Å². The molecule has 14 heavy (non-hydrogen) atoms. The van der Waals surface area contributed by atoms with Crippen LogP contribution in [0.15, 0.2) is 29.6 Å². The van der Waals surface area contributed by atoms with Gasteiger partial charge in [-0.25, -0.2) is 4.79 Å². The van der Waals surface area contributed by atoms with Gasteiger partial charge < -0.3 is 10.5 Å². The zero-order chi connectivity index (χ0) is 9.97. The molecule has 1 unspecified atom stereocenters. The summed E-state index contributed by atoms with van der Waals surface area (Å²) in [6, 6.07) is 3.65. The van der Waals surface area contributed by atoms with E-state index in [1.807, 2.05) is 12.1 Å². The van der Waals surface area contributed by atoms with Crippen LogP contribution in [-0.2, 0) is 4.79 Å². The highest BCUT2D eigenvalue weighted by Crippen LogP contribution is 2.20. The van der Waals surface area contributed by atoms with Crippen molar-refractivity contribution in [2.45, 2.75) is 12.5 Å². The van der Waals surface area contributed by atoms with E-state index in [4.69, 9.17) is 5.11 Å². The first kappa shape index (κ1) is 8.68. The van der Waals surface area contributed by atoms with Crippen LogP contribution in [0.4, 0.5) is 0 Å². The molecule has 1 aromatic rings. The molecule has 0 aliphatic carbocycles. The lowest BCUT2D eigenvalue weighted by atomic mass is 10.1. The van der Waals surface area contributed by atoms with Crippen molar-refractivity contribution in [2.75, 3.05) is 0 Å². The summed E-state index contributed by atoms with van der Waals surface area (Å²) in [5, 5.41) is 12.4. The van der Waals surface area contributed by atoms with Crippen molar-refractivity contribution < 1.29 is 9.90 Å². The first-order chi connectivity index (χ1) is 6.77. The molecule has 0 bridgehead atoms. The third-order valence-electron chi connectivity index (χ3n) is 2.09. The Hall–Kier alpha value is -1.91. The van der Waals surface area contributed by atoms with E-state index >= 15 is 0 Å². The maximum Gasteiger partial charge on any atom is 0.352 e. The van der Waals surface area contributed by atoms with Crippen LogP contribution < -0.4 is 5.43 Å². The van der Waals surface area contributed by atoms with Gasteiger partial charge in [-0.05, 0) is 11.6 Å². The molecule has 2 heterocycles. The highest BCUT2D eigenvalue weighted by molar-refractivity contribution is 6.36. The average Bonchev–Trinajstić information content (AvgIpc) is 2.68. The second-order valence-electron chi connectivity index (χ2n) is 3.04. The van der Waals surface area contributed by atoms with Gasteiger partial charge in [0.2, 0.25) is 0 Å². The van der Waals surface area contributed by atoms with Crippen molar-refractivity contribution in [3.63, 3.8) is 0 Å². The van der Waals surface area contributed by atoms with Crippen LogP contribution in [0, 0.1) is 0 Å². The molecule has 1 aliphatic rings. The molecule has 0 spiro atoms. The predicted octanol–water partition coefficient (Wildman–Crippen LogP) is 0.557. The Kier molecular flexibility index (Phi) is 2.14.